The van der Waals surface area contributed by atoms with Gasteiger partial charge in [-0.1, -0.05) is 32.9 Å². The molecule has 180 valence electrons. The summed E-state index contributed by atoms with van der Waals surface area (Å²) >= 11 is 0. The van der Waals surface area contributed by atoms with Gasteiger partial charge < -0.3 is 19.5 Å². The number of furan rings is 1. The molecule has 2 unspecified atom stereocenters. The fraction of sp³-hybridized carbons (Fsp3) is 0.500. The van der Waals surface area contributed by atoms with Crippen LogP contribution in [0.5, 0.6) is 0 Å². The number of nitrogens with zero attached hydrogens (tertiary/aromatic N) is 2. The van der Waals surface area contributed by atoms with E-state index in [0.29, 0.717) is 18.1 Å². The number of anilines is 2. The molecule has 0 radical (unpaired) electrons. The molecule has 2 aliphatic heterocycles. The van der Waals surface area contributed by atoms with E-state index in [1.54, 1.807) is 0 Å². The lowest BCUT2D eigenvalue weighted by Gasteiger charge is -2.38. The molecule has 2 atom stereocenters. The van der Waals surface area contributed by atoms with Crippen molar-refractivity contribution in [3.63, 3.8) is 0 Å². The Morgan fingerprint density at radius 1 is 1.18 bits per heavy atom. The van der Waals surface area contributed by atoms with Crippen LogP contribution >= 0.6 is 0 Å². The largest absolute Gasteiger partial charge is 0.464 e. The second-order valence-electron chi connectivity index (χ2n) is 11.0. The Morgan fingerprint density at radius 2 is 1.97 bits per heavy atom. The predicted molar refractivity (Wildman–Crippen MR) is 134 cm³/mol. The Bertz CT molecular complexity index is 1150. The number of amides is 1. The number of nitrogens with one attached hydrogen (secondary N) is 1. The van der Waals surface area contributed by atoms with Crippen LogP contribution in [0.1, 0.15) is 64.0 Å². The van der Waals surface area contributed by atoms with Crippen LogP contribution in [0.25, 0.3) is 0 Å². The summed E-state index contributed by atoms with van der Waals surface area (Å²) in [6, 6.07) is 11.5. The first-order chi connectivity index (χ1) is 16.2. The molecule has 3 heterocycles. The molecular weight excluding hydrogens is 426 g/mol. The van der Waals surface area contributed by atoms with Crippen LogP contribution in [0, 0.1) is 18.3 Å². The molecule has 6 heteroatoms. The van der Waals surface area contributed by atoms with Crippen molar-refractivity contribution in [2.75, 3.05) is 29.9 Å². The normalized spacial score (nSPS) is 24.3. The molecule has 0 spiro atoms. The molecule has 1 N–H and O–H groups in total. The van der Waals surface area contributed by atoms with E-state index in [2.05, 4.69) is 31.0 Å². The van der Waals surface area contributed by atoms with Gasteiger partial charge >= 0.3 is 0 Å². The maximum Gasteiger partial charge on any atom is 0.242 e. The number of Topliss-reactive ketones (excluding diaryl/α,β-unsaturated/α-hetero) is 1. The number of aryl methyl sites for hydroxylation is 1. The van der Waals surface area contributed by atoms with Crippen LogP contribution in [0.2, 0.25) is 0 Å². The summed E-state index contributed by atoms with van der Waals surface area (Å²) < 4.78 is 6.14. The number of fused-ring (bicyclic) bond motifs is 1. The number of rotatable bonds is 3. The first kappa shape index (κ1) is 22.8. The number of carbonyl (C=O) groups excluding carboxylic acids is 2. The highest BCUT2D eigenvalue weighted by Crippen LogP contribution is 2.48. The Morgan fingerprint density at radius 3 is 2.71 bits per heavy atom. The van der Waals surface area contributed by atoms with Crippen molar-refractivity contribution in [2.45, 2.75) is 59.4 Å². The topological polar surface area (TPSA) is 65.8 Å². The number of benzene rings is 1. The van der Waals surface area contributed by atoms with Crippen molar-refractivity contribution in [1.29, 1.82) is 0 Å². The highest BCUT2D eigenvalue weighted by Gasteiger charge is 2.43. The molecule has 1 amide bonds. The number of likely N-dealkylation sites (tertiary alicyclic amines) is 1. The zero-order chi connectivity index (χ0) is 24.0. The summed E-state index contributed by atoms with van der Waals surface area (Å²) in [5.41, 5.74) is 3.38. The van der Waals surface area contributed by atoms with Gasteiger partial charge in [-0.25, -0.2) is 0 Å². The van der Waals surface area contributed by atoms with E-state index in [-0.39, 0.29) is 23.7 Å². The van der Waals surface area contributed by atoms with Gasteiger partial charge in [0.2, 0.25) is 5.91 Å². The van der Waals surface area contributed by atoms with Crippen LogP contribution in [-0.2, 0) is 9.59 Å². The fourth-order valence-corrected chi connectivity index (χ4v) is 5.79. The molecule has 2 aromatic rings. The summed E-state index contributed by atoms with van der Waals surface area (Å²) in [6.07, 6.45) is 3.44. The molecule has 34 heavy (non-hydrogen) atoms. The fourth-order valence-electron chi connectivity index (χ4n) is 5.79. The number of carbonyl (C=O) groups is 2. The van der Waals surface area contributed by atoms with Crippen molar-refractivity contribution in [3.05, 3.63) is 59.2 Å². The average molecular weight is 462 g/mol. The van der Waals surface area contributed by atoms with Crippen molar-refractivity contribution in [3.8, 4) is 0 Å². The van der Waals surface area contributed by atoms with Crippen LogP contribution < -0.4 is 10.2 Å². The minimum atomic E-state index is -0.449. The second kappa shape index (κ2) is 8.64. The third-order valence-electron chi connectivity index (χ3n) is 7.35. The Balaban J connectivity index is 1.63. The van der Waals surface area contributed by atoms with Crippen LogP contribution in [0.15, 0.2) is 52.1 Å². The molecule has 1 aromatic carbocycles. The van der Waals surface area contributed by atoms with Crippen molar-refractivity contribution in [1.82, 2.24) is 4.90 Å². The lowest BCUT2D eigenvalue weighted by Crippen LogP contribution is -2.46. The van der Waals surface area contributed by atoms with Gasteiger partial charge in [0, 0.05) is 30.8 Å². The minimum absolute atomic E-state index is 0.0993. The van der Waals surface area contributed by atoms with Gasteiger partial charge in [0.15, 0.2) is 5.78 Å². The third kappa shape index (κ3) is 4.26. The maximum absolute atomic E-state index is 13.7. The molecular formula is C28H35N3O3. The summed E-state index contributed by atoms with van der Waals surface area (Å²) in [5, 5.41) is 3.59. The van der Waals surface area contributed by atoms with Crippen molar-refractivity contribution < 1.29 is 14.0 Å². The van der Waals surface area contributed by atoms with Gasteiger partial charge in [0.1, 0.15) is 17.6 Å². The smallest absolute Gasteiger partial charge is 0.242 e. The van der Waals surface area contributed by atoms with Gasteiger partial charge in [0.05, 0.1) is 17.9 Å². The summed E-state index contributed by atoms with van der Waals surface area (Å²) in [6.45, 7) is 10.2. The molecule has 1 fully saturated rings. The standard InChI is InChI=1S/C28H35N3O3/c1-18-8-7-13-30(16-18)25(33)17-31-22-10-6-5-9-20(22)29-21-14-28(3,4)15-23(32)26(21)27(31)24-12-11-19(2)34-24/h5-6,9-12,18,27,29H,7-8,13-17H2,1-4H3. The molecule has 6 nitrogen and oxygen atoms in total. The van der Waals surface area contributed by atoms with Crippen LogP contribution in [0.4, 0.5) is 11.4 Å². The second-order valence-corrected chi connectivity index (χ2v) is 11.0. The maximum atomic E-state index is 13.7. The van der Waals surface area contributed by atoms with E-state index >= 15 is 0 Å². The molecule has 3 aliphatic rings. The molecule has 1 saturated heterocycles. The zero-order valence-electron chi connectivity index (χ0n) is 20.7. The lowest BCUT2D eigenvalue weighted by atomic mass is 9.74. The summed E-state index contributed by atoms with van der Waals surface area (Å²) in [7, 11) is 0. The van der Waals surface area contributed by atoms with E-state index < -0.39 is 6.04 Å². The average Bonchev–Trinajstić information content (AvgIpc) is 3.14. The Kier molecular flexibility index (Phi) is 5.78. The van der Waals surface area contributed by atoms with E-state index in [0.717, 1.165) is 60.8 Å². The van der Waals surface area contributed by atoms with E-state index in [1.165, 1.54) is 0 Å². The quantitative estimate of drug-likeness (QED) is 0.657. The van der Waals surface area contributed by atoms with Crippen molar-refractivity contribution >= 4 is 23.1 Å². The number of piperidine rings is 1. The number of para-hydroxylation sites is 2. The predicted octanol–water partition coefficient (Wildman–Crippen LogP) is 5.46. The van der Waals surface area contributed by atoms with Gasteiger partial charge in [-0.05, 0) is 61.8 Å². The van der Waals surface area contributed by atoms with Gasteiger partial charge in [-0.15, -0.1) is 0 Å². The van der Waals surface area contributed by atoms with Gasteiger partial charge in [0.25, 0.3) is 0 Å². The minimum Gasteiger partial charge on any atom is -0.464 e. The zero-order valence-corrected chi connectivity index (χ0v) is 20.7. The number of allylic oxidation sites excluding steroid dienone is 1. The van der Waals surface area contributed by atoms with Gasteiger partial charge in [-0.2, -0.15) is 0 Å². The number of hydrogen-bond acceptors (Lipinski definition) is 5. The van der Waals surface area contributed by atoms with Crippen molar-refractivity contribution in [2.24, 2.45) is 11.3 Å². The first-order valence-electron chi connectivity index (χ1n) is 12.4. The molecule has 5 rings (SSSR count). The van der Waals surface area contributed by atoms with Crippen LogP contribution in [0.3, 0.4) is 0 Å². The summed E-state index contributed by atoms with van der Waals surface area (Å²) in [4.78, 5) is 31.3. The molecule has 0 saturated carbocycles. The first-order valence-corrected chi connectivity index (χ1v) is 12.4. The van der Waals surface area contributed by atoms with E-state index in [1.807, 2.05) is 48.2 Å². The molecule has 1 aromatic heterocycles. The van der Waals surface area contributed by atoms with Crippen LogP contribution in [-0.4, -0.2) is 36.2 Å². The van der Waals surface area contributed by atoms with Gasteiger partial charge in [-0.3, -0.25) is 9.59 Å². The monoisotopic (exact) mass is 461 g/mol. The molecule has 1 aliphatic carbocycles. The highest BCUT2D eigenvalue weighted by molar-refractivity contribution is 6.01. The number of ketones is 1. The SMILES string of the molecule is Cc1ccc(C2C3=C(CC(C)(C)CC3=O)Nc3ccccc3N2CC(=O)N2CCCC(C)C2)o1. The van der Waals surface area contributed by atoms with E-state index in [9.17, 15) is 9.59 Å². The van der Waals surface area contributed by atoms with E-state index in [4.69, 9.17) is 4.42 Å². The highest BCUT2D eigenvalue weighted by atomic mass is 16.3. The number of hydrogen-bond donors (Lipinski definition) is 1. The lowest BCUT2D eigenvalue weighted by molar-refractivity contribution is -0.131. The third-order valence-corrected chi connectivity index (χ3v) is 7.35. The summed E-state index contributed by atoms with van der Waals surface area (Å²) in [5.74, 6) is 2.23. The molecule has 0 bridgehead atoms. The Labute approximate surface area is 202 Å². The Hall–Kier alpha value is -3.02.